The number of rotatable bonds is 8. The summed E-state index contributed by atoms with van der Waals surface area (Å²) >= 11 is 0. The Hall–Kier alpha value is -2.13. The molecule has 27 heavy (non-hydrogen) atoms. The number of nitrogens with one attached hydrogen (secondary N) is 1. The summed E-state index contributed by atoms with van der Waals surface area (Å²) in [7, 11) is 0. The molecular weight excluding hydrogens is 363 g/mol. The van der Waals surface area contributed by atoms with E-state index < -0.39 is 11.7 Å². The Labute approximate surface area is 156 Å². The van der Waals surface area contributed by atoms with Crippen LogP contribution < -0.4 is 5.32 Å². The van der Waals surface area contributed by atoms with Crippen LogP contribution in [0.2, 0.25) is 0 Å². The first-order chi connectivity index (χ1) is 12.9. The summed E-state index contributed by atoms with van der Waals surface area (Å²) in [5.74, 6) is 0.0457. The fourth-order valence-corrected chi connectivity index (χ4v) is 2.70. The molecule has 2 rings (SSSR count). The lowest BCUT2D eigenvalue weighted by molar-refractivity contribution is -0.137. The van der Waals surface area contributed by atoms with Crippen molar-refractivity contribution >= 4 is 11.6 Å². The van der Waals surface area contributed by atoms with Crippen molar-refractivity contribution < 1.29 is 27.9 Å². The molecule has 0 unspecified atom stereocenters. The fraction of sp³-hybridized carbons (Fsp3) is 0.556. The number of likely N-dealkylation sites (tertiary alicyclic amines) is 1. The maximum absolute atomic E-state index is 12.7. The number of nitrogens with zero attached hydrogens (tertiary/aromatic N) is 2. The van der Waals surface area contributed by atoms with Crippen LogP contribution in [0, 0.1) is 0 Å². The monoisotopic (exact) mass is 387 g/mol. The average Bonchev–Trinajstić information content (AvgIpc) is 2.65. The van der Waals surface area contributed by atoms with Crippen molar-refractivity contribution in [2.75, 3.05) is 32.8 Å². The number of amides is 1. The zero-order valence-corrected chi connectivity index (χ0v) is 15.0. The van der Waals surface area contributed by atoms with E-state index in [1.54, 1.807) is 11.0 Å². The third kappa shape index (κ3) is 7.18. The van der Waals surface area contributed by atoms with Gasteiger partial charge in [0.25, 0.3) is 0 Å². The molecule has 150 valence electrons. The summed E-state index contributed by atoms with van der Waals surface area (Å²) in [6.07, 6.45) is -2.84. The Morgan fingerprint density at radius 3 is 2.67 bits per heavy atom. The van der Waals surface area contributed by atoms with Crippen LogP contribution in [0.5, 0.6) is 0 Å². The van der Waals surface area contributed by atoms with Gasteiger partial charge in [-0.3, -0.25) is 4.79 Å². The second kappa shape index (κ2) is 10.3. The summed E-state index contributed by atoms with van der Waals surface area (Å²) in [6.45, 7) is 2.09. The summed E-state index contributed by atoms with van der Waals surface area (Å²) < 4.78 is 38.0. The van der Waals surface area contributed by atoms with Gasteiger partial charge < -0.3 is 20.2 Å². The average molecular weight is 387 g/mol. The number of carbonyl (C=O) groups excluding carboxylic acids is 1. The van der Waals surface area contributed by atoms with Crippen LogP contribution in [-0.4, -0.2) is 54.4 Å². The molecule has 1 heterocycles. The number of oxime groups is 1. The smallest absolute Gasteiger partial charge is 0.395 e. The van der Waals surface area contributed by atoms with Crippen LogP contribution in [-0.2, 0) is 22.4 Å². The molecule has 0 atom stereocenters. The number of alkyl halides is 3. The maximum atomic E-state index is 12.7. The highest BCUT2D eigenvalue weighted by molar-refractivity contribution is 5.87. The van der Waals surface area contributed by atoms with Crippen molar-refractivity contribution in [3.8, 4) is 0 Å². The van der Waals surface area contributed by atoms with Gasteiger partial charge in [0, 0.05) is 45.4 Å². The first-order valence-corrected chi connectivity index (χ1v) is 8.83. The summed E-state index contributed by atoms with van der Waals surface area (Å²) in [5.41, 5.74) is 0.484. The highest BCUT2D eigenvalue weighted by Crippen LogP contribution is 2.29. The molecule has 0 spiro atoms. The third-order valence-corrected chi connectivity index (χ3v) is 4.18. The topological polar surface area (TPSA) is 74.2 Å². The molecule has 1 fully saturated rings. The minimum absolute atomic E-state index is 0.0351. The normalized spacial score (nSPS) is 15.0. The molecule has 0 aromatic heterocycles. The van der Waals surface area contributed by atoms with Gasteiger partial charge >= 0.3 is 6.18 Å². The SMILES string of the molecule is O=C(CCNCCO)N1CCC(=NOCc2cccc(C(F)(F)F)c2)CC1. The number of carbonyl (C=O) groups is 1. The van der Waals surface area contributed by atoms with Gasteiger partial charge in [0.05, 0.1) is 17.9 Å². The molecular formula is C18H24F3N3O3. The van der Waals surface area contributed by atoms with E-state index in [1.807, 2.05) is 0 Å². The predicted molar refractivity (Wildman–Crippen MR) is 94.1 cm³/mol. The first kappa shape index (κ1) is 21.2. The second-order valence-electron chi connectivity index (χ2n) is 6.23. The number of halogens is 3. The molecule has 1 aliphatic heterocycles. The first-order valence-electron chi connectivity index (χ1n) is 8.83. The Morgan fingerprint density at radius 1 is 1.26 bits per heavy atom. The highest BCUT2D eigenvalue weighted by Gasteiger charge is 2.30. The van der Waals surface area contributed by atoms with Crippen molar-refractivity contribution in [3.63, 3.8) is 0 Å². The standard InChI is InChI=1S/C18H24F3N3O3/c19-18(20,21)15-3-1-2-14(12-15)13-27-23-16-5-9-24(10-6-16)17(26)4-7-22-8-11-25/h1-3,12,22,25H,4-11,13H2. The largest absolute Gasteiger partial charge is 0.416 e. The number of piperidine rings is 1. The van der Waals surface area contributed by atoms with Crippen molar-refractivity contribution in [2.24, 2.45) is 5.16 Å². The third-order valence-electron chi connectivity index (χ3n) is 4.18. The van der Waals surface area contributed by atoms with E-state index in [-0.39, 0.29) is 19.1 Å². The molecule has 1 aromatic carbocycles. The van der Waals surface area contributed by atoms with Crippen LogP contribution in [0.15, 0.2) is 29.4 Å². The van der Waals surface area contributed by atoms with Crippen LogP contribution in [0.3, 0.4) is 0 Å². The number of hydrogen-bond acceptors (Lipinski definition) is 5. The van der Waals surface area contributed by atoms with Gasteiger partial charge in [-0.2, -0.15) is 13.2 Å². The van der Waals surface area contributed by atoms with Gasteiger partial charge in [-0.05, 0) is 17.7 Å². The molecule has 0 bridgehead atoms. The number of hydrogen-bond donors (Lipinski definition) is 2. The molecule has 0 radical (unpaired) electrons. The summed E-state index contributed by atoms with van der Waals surface area (Å²) in [4.78, 5) is 19.0. The van der Waals surface area contributed by atoms with Crippen LogP contribution in [0.1, 0.15) is 30.4 Å². The van der Waals surface area contributed by atoms with Crippen molar-refractivity contribution in [1.82, 2.24) is 10.2 Å². The highest BCUT2D eigenvalue weighted by atomic mass is 19.4. The van der Waals surface area contributed by atoms with Crippen LogP contribution in [0.4, 0.5) is 13.2 Å². The van der Waals surface area contributed by atoms with Gasteiger partial charge in [-0.1, -0.05) is 17.3 Å². The molecule has 9 heteroatoms. The summed E-state index contributed by atoms with van der Waals surface area (Å²) in [6, 6.07) is 4.96. The summed E-state index contributed by atoms with van der Waals surface area (Å²) in [5, 5.41) is 15.6. The van der Waals surface area contributed by atoms with Crippen LogP contribution in [0.25, 0.3) is 0 Å². The van der Waals surface area contributed by atoms with Crippen molar-refractivity contribution in [1.29, 1.82) is 0 Å². The molecule has 6 nitrogen and oxygen atoms in total. The predicted octanol–water partition coefficient (Wildman–Crippen LogP) is 2.17. The number of aliphatic hydroxyl groups is 1. The number of benzene rings is 1. The molecule has 1 aliphatic rings. The van der Waals surface area contributed by atoms with E-state index >= 15 is 0 Å². The maximum Gasteiger partial charge on any atom is 0.416 e. The zero-order valence-electron chi connectivity index (χ0n) is 15.0. The second-order valence-corrected chi connectivity index (χ2v) is 6.23. The van der Waals surface area contributed by atoms with E-state index in [0.717, 1.165) is 17.8 Å². The van der Waals surface area contributed by atoms with Crippen LogP contribution >= 0.6 is 0 Å². The fourth-order valence-electron chi connectivity index (χ4n) is 2.70. The quantitative estimate of drug-likeness (QED) is 0.530. The van der Waals surface area contributed by atoms with Gasteiger partial charge in [0.2, 0.25) is 5.91 Å². The van der Waals surface area contributed by atoms with Gasteiger partial charge in [-0.15, -0.1) is 0 Å². The molecule has 1 amide bonds. The van der Waals surface area contributed by atoms with E-state index in [2.05, 4.69) is 10.5 Å². The molecule has 0 saturated carbocycles. The Morgan fingerprint density at radius 2 is 2.00 bits per heavy atom. The zero-order chi connectivity index (χ0) is 19.7. The molecule has 2 N–H and O–H groups in total. The molecule has 0 aliphatic carbocycles. The lowest BCUT2D eigenvalue weighted by Crippen LogP contribution is -2.40. The Bertz CT molecular complexity index is 640. The lowest BCUT2D eigenvalue weighted by atomic mass is 10.1. The van der Waals surface area contributed by atoms with Crippen molar-refractivity contribution in [2.45, 2.75) is 32.0 Å². The van der Waals surface area contributed by atoms with E-state index in [1.165, 1.54) is 6.07 Å². The Balaban J connectivity index is 1.73. The lowest BCUT2D eigenvalue weighted by Gasteiger charge is -2.27. The van der Waals surface area contributed by atoms with Gasteiger partial charge in [0.1, 0.15) is 6.61 Å². The molecule has 1 aromatic rings. The molecule has 1 saturated heterocycles. The minimum Gasteiger partial charge on any atom is -0.395 e. The van der Waals surface area contributed by atoms with Crippen molar-refractivity contribution in [3.05, 3.63) is 35.4 Å². The van der Waals surface area contributed by atoms with E-state index in [0.29, 0.717) is 51.0 Å². The Kier molecular flexibility index (Phi) is 8.05. The van der Waals surface area contributed by atoms with Gasteiger partial charge in [-0.25, -0.2) is 0 Å². The van der Waals surface area contributed by atoms with E-state index in [9.17, 15) is 18.0 Å². The van der Waals surface area contributed by atoms with Gasteiger partial charge in [0.15, 0.2) is 0 Å². The van der Waals surface area contributed by atoms with E-state index in [4.69, 9.17) is 9.94 Å². The number of aliphatic hydroxyl groups excluding tert-OH is 1. The minimum atomic E-state index is -4.38.